The predicted octanol–water partition coefficient (Wildman–Crippen LogP) is 4.40. The van der Waals surface area contributed by atoms with Gasteiger partial charge in [0.05, 0.1) is 0 Å². The monoisotopic (exact) mass is 247 g/mol. The summed E-state index contributed by atoms with van der Waals surface area (Å²) in [5.41, 5.74) is 4.30. The first-order valence-corrected chi connectivity index (χ1v) is 7.40. The number of hydrogen-bond acceptors (Lipinski definition) is 1. The second kappa shape index (κ2) is 8.31. The summed E-state index contributed by atoms with van der Waals surface area (Å²) in [4.78, 5) is 0. The van der Waals surface area contributed by atoms with Gasteiger partial charge in [-0.3, -0.25) is 0 Å². The standard InChI is InChI=1S/C17H29N/c1-5-6-7-8-9-17(18-4)13-16-12-14(2)10-11-15(16)3/h10-12,17-18H,5-9,13H2,1-4H3. The minimum absolute atomic E-state index is 0.627. The summed E-state index contributed by atoms with van der Waals surface area (Å²) in [5.74, 6) is 0. The van der Waals surface area contributed by atoms with Crippen molar-refractivity contribution in [2.45, 2.75) is 65.3 Å². The van der Waals surface area contributed by atoms with Crippen molar-refractivity contribution >= 4 is 0 Å². The third-order valence-corrected chi connectivity index (χ3v) is 3.79. The molecule has 1 N–H and O–H groups in total. The van der Waals surface area contributed by atoms with E-state index in [4.69, 9.17) is 0 Å². The molecule has 0 radical (unpaired) electrons. The molecule has 0 aliphatic rings. The van der Waals surface area contributed by atoms with Crippen LogP contribution in [0.2, 0.25) is 0 Å². The summed E-state index contributed by atoms with van der Waals surface area (Å²) < 4.78 is 0. The Hall–Kier alpha value is -0.820. The zero-order chi connectivity index (χ0) is 13.4. The highest BCUT2D eigenvalue weighted by Crippen LogP contribution is 2.15. The lowest BCUT2D eigenvalue weighted by Crippen LogP contribution is -2.27. The molecular formula is C17H29N. The van der Waals surface area contributed by atoms with Gasteiger partial charge < -0.3 is 5.32 Å². The summed E-state index contributed by atoms with van der Waals surface area (Å²) in [7, 11) is 2.09. The molecule has 0 bridgehead atoms. The Morgan fingerprint density at radius 2 is 1.89 bits per heavy atom. The number of aryl methyl sites for hydroxylation is 2. The molecule has 1 heteroatoms. The Morgan fingerprint density at radius 3 is 2.56 bits per heavy atom. The Labute approximate surface area is 113 Å². The molecule has 0 aliphatic carbocycles. The van der Waals surface area contributed by atoms with Gasteiger partial charge >= 0.3 is 0 Å². The van der Waals surface area contributed by atoms with E-state index in [2.05, 4.69) is 51.3 Å². The second-order valence-electron chi connectivity index (χ2n) is 5.47. The Bertz CT molecular complexity index is 343. The molecule has 1 aromatic rings. The minimum Gasteiger partial charge on any atom is -0.317 e. The molecule has 1 rings (SSSR count). The molecule has 1 unspecified atom stereocenters. The maximum absolute atomic E-state index is 3.47. The molecule has 18 heavy (non-hydrogen) atoms. The number of rotatable bonds is 8. The van der Waals surface area contributed by atoms with E-state index >= 15 is 0 Å². The molecule has 0 fully saturated rings. The van der Waals surface area contributed by atoms with Crippen LogP contribution >= 0.6 is 0 Å². The van der Waals surface area contributed by atoms with E-state index in [1.54, 1.807) is 0 Å². The number of nitrogens with one attached hydrogen (secondary N) is 1. The lowest BCUT2D eigenvalue weighted by molar-refractivity contribution is 0.484. The van der Waals surface area contributed by atoms with E-state index in [9.17, 15) is 0 Å². The molecule has 0 amide bonds. The second-order valence-corrected chi connectivity index (χ2v) is 5.47. The quantitative estimate of drug-likeness (QED) is 0.671. The van der Waals surface area contributed by atoms with Crippen LogP contribution in [0, 0.1) is 13.8 Å². The van der Waals surface area contributed by atoms with Crippen LogP contribution in [0.25, 0.3) is 0 Å². The highest BCUT2D eigenvalue weighted by atomic mass is 14.9. The molecule has 0 spiro atoms. The summed E-state index contributed by atoms with van der Waals surface area (Å²) in [5, 5.41) is 3.47. The number of hydrogen-bond donors (Lipinski definition) is 1. The van der Waals surface area contributed by atoms with Gasteiger partial charge in [0.2, 0.25) is 0 Å². The molecule has 0 aliphatic heterocycles. The number of benzene rings is 1. The first-order valence-electron chi connectivity index (χ1n) is 7.40. The van der Waals surface area contributed by atoms with E-state index in [-0.39, 0.29) is 0 Å². The molecule has 0 heterocycles. The third-order valence-electron chi connectivity index (χ3n) is 3.79. The average molecular weight is 247 g/mol. The van der Waals surface area contributed by atoms with Crippen LogP contribution < -0.4 is 5.32 Å². The normalized spacial score (nSPS) is 12.7. The minimum atomic E-state index is 0.627. The molecule has 0 saturated carbocycles. The van der Waals surface area contributed by atoms with Gasteiger partial charge in [0.15, 0.2) is 0 Å². The third kappa shape index (κ3) is 5.22. The van der Waals surface area contributed by atoms with Crippen molar-refractivity contribution < 1.29 is 0 Å². The predicted molar refractivity (Wildman–Crippen MR) is 81.2 cm³/mol. The van der Waals surface area contributed by atoms with E-state index in [1.165, 1.54) is 48.8 Å². The van der Waals surface area contributed by atoms with Gasteiger partial charge in [0, 0.05) is 6.04 Å². The van der Waals surface area contributed by atoms with Crippen LogP contribution in [-0.2, 0) is 6.42 Å². The van der Waals surface area contributed by atoms with Crippen molar-refractivity contribution in [2.75, 3.05) is 7.05 Å². The summed E-state index contributed by atoms with van der Waals surface area (Å²) in [6, 6.07) is 7.41. The van der Waals surface area contributed by atoms with E-state index < -0.39 is 0 Å². The van der Waals surface area contributed by atoms with Gasteiger partial charge in [-0.1, -0.05) is 56.4 Å². The summed E-state index contributed by atoms with van der Waals surface area (Å²) in [6.45, 7) is 6.67. The van der Waals surface area contributed by atoms with Crippen molar-refractivity contribution in [3.05, 3.63) is 34.9 Å². The van der Waals surface area contributed by atoms with Crippen LogP contribution in [0.3, 0.4) is 0 Å². The Morgan fingerprint density at radius 1 is 1.11 bits per heavy atom. The average Bonchev–Trinajstić information content (AvgIpc) is 2.37. The van der Waals surface area contributed by atoms with Crippen LogP contribution in [0.4, 0.5) is 0 Å². The molecule has 102 valence electrons. The van der Waals surface area contributed by atoms with E-state index in [1.807, 2.05) is 0 Å². The van der Waals surface area contributed by atoms with Crippen molar-refractivity contribution in [3.63, 3.8) is 0 Å². The van der Waals surface area contributed by atoms with E-state index in [0.29, 0.717) is 6.04 Å². The van der Waals surface area contributed by atoms with Gasteiger partial charge in [-0.25, -0.2) is 0 Å². The fourth-order valence-corrected chi connectivity index (χ4v) is 2.45. The van der Waals surface area contributed by atoms with Crippen LogP contribution in [0.15, 0.2) is 18.2 Å². The smallest absolute Gasteiger partial charge is 0.0105 e. The van der Waals surface area contributed by atoms with Crippen LogP contribution in [0.1, 0.15) is 55.7 Å². The highest BCUT2D eigenvalue weighted by molar-refractivity contribution is 5.31. The Balaban J connectivity index is 2.48. The van der Waals surface area contributed by atoms with Gasteiger partial charge in [-0.2, -0.15) is 0 Å². The van der Waals surface area contributed by atoms with Crippen LogP contribution in [0.5, 0.6) is 0 Å². The molecular weight excluding hydrogens is 218 g/mol. The van der Waals surface area contributed by atoms with Crippen molar-refractivity contribution in [1.82, 2.24) is 5.32 Å². The van der Waals surface area contributed by atoms with Crippen molar-refractivity contribution in [3.8, 4) is 0 Å². The fraction of sp³-hybridized carbons (Fsp3) is 0.647. The number of likely N-dealkylation sites (N-methyl/N-ethyl adjacent to an activating group) is 1. The molecule has 0 aromatic heterocycles. The first-order chi connectivity index (χ1) is 8.67. The fourth-order valence-electron chi connectivity index (χ4n) is 2.45. The topological polar surface area (TPSA) is 12.0 Å². The zero-order valence-electron chi connectivity index (χ0n) is 12.6. The van der Waals surface area contributed by atoms with Crippen molar-refractivity contribution in [2.24, 2.45) is 0 Å². The summed E-state index contributed by atoms with van der Waals surface area (Å²) >= 11 is 0. The lowest BCUT2D eigenvalue weighted by Gasteiger charge is -2.18. The van der Waals surface area contributed by atoms with Crippen LogP contribution in [-0.4, -0.2) is 13.1 Å². The van der Waals surface area contributed by atoms with Gasteiger partial charge in [-0.05, 0) is 44.9 Å². The van der Waals surface area contributed by atoms with E-state index in [0.717, 1.165) is 6.42 Å². The molecule has 1 aromatic carbocycles. The highest BCUT2D eigenvalue weighted by Gasteiger charge is 2.08. The summed E-state index contributed by atoms with van der Waals surface area (Å²) in [6.07, 6.45) is 7.88. The molecule has 0 saturated heterocycles. The zero-order valence-corrected chi connectivity index (χ0v) is 12.6. The number of unbranched alkanes of at least 4 members (excludes halogenated alkanes) is 3. The maximum atomic E-state index is 3.47. The lowest BCUT2D eigenvalue weighted by atomic mass is 9.96. The van der Waals surface area contributed by atoms with Gasteiger partial charge in [0.25, 0.3) is 0 Å². The Kier molecular flexibility index (Phi) is 7.04. The first kappa shape index (κ1) is 15.2. The maximum Gasteiger partial charge on any atom is 0.0105 e. The molecule has 1 atom stereocenters. The van der Waals surface area contributed by atoms with Gasteiger partial charge in [-0.15, -0.1) is 0 Å². The SMILES string of the molecule is CCCCCCC(Cc1cc(C)ccc1C)NC. The largest absolute Gasteiger partial charge is 0.317 e. The molecule has 1 nitrogen and oxygen atoms in total. The van der Waals surface area contributed by atoms with Crippen molar-refractivity contribution in [1.29, 1.82) is 0 Å². The van der Waals surface area contributed by atoms with Gasteiger partial charge in [0.1, 0.15) is 0 Å².